The van der Waals surface area contributed by atoms with Crippen molar-refractivity contribution in [1.29, 1.82) is 5.26 Å². The lowest BCUT2D eigenvalue weighted by molar-refractivity contribution is 0.164. The second kappa shape index (κ2) is 6.12. The number of sulfonamides is 1. The summed E-state index contributed by atoms with van der Waals surface area (Å²) in [5, 5.41) is 18.0. The molecule has 0 amide bonds. The van der Waals surface area contributed by atoms with E-state index >= 15 is 0 Å². The molecule has 4 N–H and O–H groups in total. The summed E-state index contributed by atoms with van der Waals surface area (Å²) in [7, 11) is -3.69. The maximum atomic E-state index is 12.0. The third kappa shape index (κ3) is 4.01. The number of nitrogens with two attached hydrogens (primary N) is 1. The molecule has 19 heavy (non-hydrogen) atoms. The van der Waals surface area contributed by atoms with E-state index < -0.39 is 22.2 Å². The number of aliphatic hydroxyl groups excluding tert-OH is 1. The van der Waals surface area contributed by atoms with Crippen molar-refractivity contribution in [3.8, 4) is 6.07 Å². The second-order valence-electron chi connectivity index (χ2n) is 4.34. The molecule has 0 spiro atoms. The van der Waals surface area contributed by atoms with Crippen molar-refractivity contribution < 1.29 is 13.5 Å². The highest BCUT2D eigenvalue weighted by Crippen LogP contribution is 2.14. The van der Waals surface area contributed by atoms with E-state index in [4.69, 9.17) is 11.0 Å². The molecule has 1 rings (SSSR count). The summed E-state index contributed by atoms with van der Waals surface area (Å²) in [6.45, 7) is 3.10. The standard InChI is InChI=1S/C12H17N3O3S/c1-8-5-11(4-3-10(8)6-13)19(17,18)15-7-12(14)9(2)16/h3-5,9,12,15-16H,7,14H2,1-2H3. The smallest absolute Gasteiger partial charge is 0.240 e. The van der Waals surface area contributed by atoms with Crippen LogP contribution in [0.1, 0.15) is 18.1 Å². The zero-order valence-electron chi connectivity index (χ0n) is 10.8. The van der Waals surface area contributed by atoms with Gasteiger partial charge in [0.2, 0.25) is 10.0 Å². The fourth-order valence-corrected chi connectivity index (χ4v) is 2.55. The molecule has 2 atom stereocenters. The predicted molar refractivity (Wildman–Crippen MR) is 70.7 cm³/mol. The van der Waals surface area contributed by atoms with E-state index in [2.05, 4.69) is 4.72 Å². The number of nitrogens with one attached hydrogen (secondary N) is 1. The molecule has 0 aliphatic rings. The second-order valence-corrected chi connectivity index (χ2v) is 6.11. The summed E-state index contributed by atoms with van der Waals surface area (Å²) in [5.74, 6) is 0. The van der Waals surface area contributed by atoms with E-state index in [0.29, 0.717) is 11.1 Å². The Hall–Kier alpha value is -1.46. The summed E-state index contributed by atoms with van der Waals surface area (Å²) < 4.78 is 26.3. The van der Waals surface area contributed by atoms with Crippen molar-refractivity contribution in [2.24, 2.45) is 5.73 Å². The molecule has 1 aromatic carbocycles. The normalized spacial score (nSPS) is 14.7. The van der Waals surface area contributed by atoms with Crippen LogP contribution >= 0.6 is 0 Å². The average molecular weight is 283 g/mol. The number of benzene rings is 1. The highest BCUT2D eigenvalue weighted by Gasteiger charge is 2.18. The van der Waals surface area contributed by atoms with Crippen molar-refractivity contribution >= 4 is 10.0 Å². The molecule has 0 bridgehead atoms. The Kier molecular flexibility index (Phi) is 5.03. The van der Waals surface area contributed by atoms with Crippen molar-refractivity contribution in [1.82, 2.24) is 4.72 Å². The Balaban J connectivity index is 2.90. The van der Waals surface area contributed by atoms with Crippen LogP contribution in [0, 0.1) is 18.3 Å². The molecule has 0 heterocycles. The van der Waals surface area contributed by atoms with Gasteiger partial charge in [-0.1, -0.05) is 0 Å². The monoisotopic (exact) mass is 283 g/mol. The van der Waals surface area contributed by atoms with Gasteiger partial charge in [-0.15, -0.1) is 0 Å². The fraction of sp³-hybridized carbons (Fsp3) is 0.417. The lowest BCUT2D eigenvalue weighted by Gasteiger charge is -2.15. The van der Waals surface area contributed by atoms with Crippen LogP contribution in [0.25, 0.3) is 0 Å². The Bertz CT molecular complexity index is 591. The quantitative estimate of drug-likeness (QED) is 0.695. The summed E-state index contributed by atoms with van der Waals surface area (Å²) in [4.78, 5) is 0.0711. The molecule has 0 aliphatic carbocycles. The molecule has 1 aromatic rings. The van der Waals surface area contributed by atoms with E-state index in [-0.39, 0.29) is 11.4 Å². The zero-order chi connectivity index (χ0) is 14.6. The summed E-state index contributed by atoms with van der Waals surface area (Å²) in [6.07, 6.45) is -0.801. The number of aliphatic hydroxyl groups is 1. The molecule has 0 aliphatic heterocycles. The van der Waals surface area contributed by atoms with Gasteiger partial charge in [-0.2, -0.15) is 5.26 Å². The minimum absolute atomic E-state index is 0.0565. The van der Waals surface area contributed by atoms with E-state index in [1.807, 2.05) is 6.07 Å². The van der Waals surface area contributed by atoms with Crippen LogP contribution in [0.3, 0.4) is 0 Å². The molecule has 104 valence electrons. The zero-order valence-corrected chi connectivity index (χ0v) is 11.6. The summed E-state index contributed by atoms with van der Waals surface area (Å²) in [5.41, 5.74) is 6.58. The number of hydrogen-bond acceptors (Lipinski definition) is 5. The molecule has 0 aromatic heterocycles. The molecule has 0 saturated carbocycles. The highest BCUT2D eigenvalue weighted by atomic mass is 32.2. The first-order valence-electron chi connectivity index (χ1n) is 5.72. The predicted octanol–water partition coefficient (Wildman–Crippen LogP) is -0.147. The van der Waals surface area contributed by atoms with E-state index in [1.54, 1.807) is 6.92 Å². The van der Waals surface area contributed by atoms with Gasteiger partial charge in [0.25, 0.3) is 0 Å². The van der Waals surface area contributed by atoms with Crippen LogP contribution in [0.4, 0.5) is 0 Å². The Labute approximate surface area is 112 Å². The van der Waals surface area contributed by atoms with E-state index in [9.17, 15) is 13.5 Å². The van der Waals surface area contributed by atoms with Crippen LogP contribution in [-0.4, -0.2) is 32.2 Å². The maximum absolute atomic E-state index is 12.0. The minimum atomic E-state index is -3.69. The maximum Gasteiger partial charge on any atom is 0.240 e. The first-order chi connectivity index (χ1) is 8.77. The van der Waals surface area contributed by atoms with Gasteiger partial charge < -0.3 is 10.8 Å². The molecule has 0 fully saturated rings. The van der Waals surface area contributed by atoms with Crippen LogP contribution in [0.5, 0.6) is 0 Å². The average Bonchev–Trinajstić information content (AvgIpc) is 2.35. The first kappa shape index (κ1) is 15.6. The number of aryl methyl sites for hydroxylation is 1. The van der Waals surface area contributed by atoms with Crippen LogP contribution in [-0.2, 0) is 10.0 Å². The van der Waals surface area contributed by atoms with E-state index in [0.717, 1.165) is 0 Å². The molecule has 7 heteroatoms. The molecule has 2 unspecified atom stereocenters. The number of rotatable bonds is 5. The van der Waals surface area contributed by atoms with Gasteiger partial charge in [-0.25, -0.2) is 13.1 Å². The third-order valence-electron chi connectivity index (χ3n) is 2.76. The van der Waals surface area contributed by atoms with Gasteiger partial charge in [0.15, 0.2) is 0 Å². The van der Waals surface area contributed by atoms with Crippen LogP contribution < -0.4 is 10.5 Å². The number of nitrogens with zero attached hydrogens (tertiary/aromatic N) is 1. The Morgan fingerprint density at radius 3 is 2.63 bits per heavy atom. The lowest BCUT2D eigenvalue weighted by atomic mass is 10.1. The topological polar surface area (TPSA) is 116 Å². The van der Waals surface area contributed by atoms with Crippen molar-refractivity contribution in [3.05, 3.63) is 29.3 Å². The van der Waals surface area contributed by atoms with Crippen molar-refractivity contribution in [2.45, 2.75) is 30.9 Å². The number of hydrogen-bond donors (Lipinski definition) is 3. The molecule has 0 saturated heterocycles. The fourth-order valence-electron chi connectivity index (χ4n) is 1.39. The minimum Gasteiger partial charge on any atom is -0.392 e. The summed E-state index contributed by atoms with van der Waals surface area (Å²) in [6, 6.07) is 5.54. The molecule has 6 nitrogen and oxygen atoms in total. The lowest BCUT2D eigenvalue weighted by Crippen LogP contribution is -2.43. The third-order valence-corrected chi connectivity index (χ3v) is 4.18. The largest absolute Gasteiger partial charge is 0.392 e. The highest BCUT2D eigenvalue weighted by molar-refractivity contribution is 7.89. The molecule has 0 radical (unpaired) electrons. The van der Waals surface area contributed by atoms with Crippen LogP contribution in [0.2, 0.25) is 0 Å². The number of nitriles is 1. The van der Waals surface area contributed by atoms with Gasteiger partial charge >= 0.3 is 0 Å². The Morgan fingerprint density at radius 1 is 1.53 bits per heavy atom. The van der Waals surface area contributed by atoms with Gasteiger partial charge in [0.1, 0.15) is 0 Å². The van der Waals surface area contributed by atoms with Crippen LogP contribution in [0.15, 0.2) is 23.1 Å². The van der Waals surface area contributed by atoms with Gasteiger partial charge in [-0.3, -0.25) is 0 Å². The molecular weight excluding hydrogens is 266 g/mol. The Morgan fingerprint density at radius 2 is 2.16 bits per heavy atom. The van der Waals surface area contributed by atoms with Crippen molar-refractivity contribution in [2.75, 3.05) is 6.54 Å². The first-order valence-corrected chi connectivity index (χ1v) is 7.20. The molecular formula is C12H17N3O3S. The van der Waals surface area contributed by atoms with Gasteiger partial charge in [0, 0.05) is 12.6 Å². The SMILES string of the molecule is Cc1cc(S(=O)(=O)NCC(N)C(C)O)ccc1C#N. The summed E-state index contributed by atoms with van der Waals surface area (Å²) >= 11 is 0. The van der Waals surface area contributed by atoms with E-state index in [1.165, 1.54) is 25.1 Å². The van der Waals surface area contributed by atoms with Gasteiger partial charge in [-0.05, 0) is 37.6 Å². The van der Waals surface area contributed by atoms with Gasteiger partial charge in [0.05, 0.1) is 22.6 Å². The van der Waals surface area contributed by atoms with Crippen molar-refractivity contribution in [3.63, 3.8) is 0 Å².